The summed E-state index contributed by atoms with van der Waals surface area (Å²) in [4.78, 5) is 34.9. The van der Waals surface area contributed by atoms with Gasteiger partial charge in [-0.3, -0.25) is 9.59 Å². The third kappa shape index (κ3) is 5.95. The topological polar surface area (TPSA) is 81.7 Å². The van der Waals surface area contributed by atoms with E-state index in [4.69, 9.17) is 4.74 Å². The van der Waals surface area contributed by atoms with Crippen LogP contribution in [-0.4, -0.2) is 31.0 Å². The van der Waals surface area contributed by atoms with Gasteiger partial charge in [0, 0.05) is 0 Å². The molecule has 6 heteroatoms. The molecule has 0 aliphatic carbocycles. The highest BCUT2D eigenvalue weighted by Gasteiger charge is 2.26. The van der Waals surface area contributed by atoms with Crippen molar-refractivity contribution in [2.75, 3.05) is 7.11 Å². The molecule has 0 saturated carbocycles. The second-order valence-electron chi connectivity index (χ2n) is 5.15. The summed E-state index contributed by atoms with van der Waals surface area (Å²) >= 11 is 0. The molecule has 1 amide bonds. The second-order valence-corrected chi connectivity index (χ2v) is 5.15. The van der Waals surface area contributed by atoms with Crippen molar-refractivity contribution in [1.29, 1.82) is 0 Å². The summed E-state index contributed by atoms with van der Waals surface area (Å²) in [5, 5.41) is 2.50. The lowest BCUT2D eigenvalue weighted by molar-refractivity contribution is -0.144. The molecule has 1 aromatic carbocycles. The zero-order chi connectivity index (χ0) is 16.5. The Labute approximate surface area is 129 Å². The van der Waals surface area contributed by atoms with Crippen LogP contribution in [-0.2, 0) is 25.7 Å². The number of alkyl carbamates (subject to hydrolysis) is 1. The van der Waals surface area contributed by atoms with Crippen LogP contribution >= 0.6 is 0 Å². The van der Waals surface area contributed by atoms with Gasteiger partial charge in [0.15, 0.2) is 5.78 Å². The van der Waals surface area contributed by atoms with E-state index in [1.54, 1.807) is 13.8 Å². The number of Topliss-reactive ketones (excluding diaryl/α,β-unsaturated/α-hetero) is 1. The third-order valence-electron chi connectivity index (χ3n) is 3.05. The Kier molecular flexibility index (Phi) is 7.08. The summed E-state index contributed by atoms with van der Waals surface area (Å²) in [6, 6.07) is 8.41. The number of rotatable bonds is 7. The van der Waals surface area contributed by atoms with E-state index in [2.05, 4.69) is 10.1 Å². The first kappa shape index (κ1) is 17.7. The van der Waals surface area contributed by atoms with Gasteiger partial charge < -0.3 is 14.8 Å². The summed E-state index contributed by atoms with van der Waals surface area (Å²) in [6.07, 6.45) is -1.07. The number of hydrogen-bond donors (Lipinski definition) is 1. The van der Waals surface area contributed by atoms with E-state index in [1.807, 2.05) is 30.3 Å². The average molecular weight is 307 g/mol. The predicted octanol–water partition coefficient (Wildman–Crippen LogP) is 2.07. The second kappa shape index (κ2) is 8.81. The number of hydrogen-bond acceptors (Lipinski definition) is 5. The number of amides is 1. The van der Waals surface area contributed by atoms with Crippen molar-refractivity contribution in [1.82, 2.24) is 5.32 Å². The van der Waals surface area contributed by atoms with Gasteiger partial charge in [-0.25, -0.2) is 4.79 Å². The quantitative estimate of drug-likeness (QED) is 0.616. The molecule has 0 aromatic heterocycles. The van der Waals surface area contributed by atoms with Crippen molar-refractivity contribution in [2.24, 2.45) is 5.92 Å². The number of ether oxygens (including phenoxy) is 2. The highest BCUT2D eigenvalue weighted by Crippen LogP contribution is 2.07. The Morgan fingerprint density at radius 3 is 2.32 bits per heavy atom. The van der Waals surface area contributed by atoms with E-state index in [0.29, 0.717) is 0 Å². The largest absolute Gasteiger partial charge is 0.469 e. The molecule has 0 saturated heterocycles. The van der Waals surface area contributed by atoms with Crippen molar-refractivity contribution in [3.05, 3.63) is 35.9 Å². The van der Waals surface area contributed by atoms with Gasteiger partial charge in [0.1, 0.15) is 13.0 Å². The Morgan fingerprint density at radius 2 is 1.77 bits per heavy atom. The molecule has 0 radical (unpaired) electrons. The number of carbonyl (C=O) groups is 3. The molecule has 0 aliphatic heterocycles. The summed E-state index contributed by atoms with van der Waals surface area (Å²) < 4.78 is 9.53. The molecule has 0 fully saturated rings. The molecule has 6 nitrogen and oxygen atoms in total. The van der Waals surface area contributed by atoms with Crippen LogP contribution in [0.25, 0.3) is 0 Å². The van der Waals surface area contributed by atoms with Gasteiger partial charge in [-0.1, -0.05) is 44.2 Å². The average Bonchev–Trinajstić information content (AvgIpc) is 2.51. The van der Waals surface area contributed by atoms with Crippen LogP contribution < -0.4 is 5.32 Å². The maximum atomic E-state index is 12.0. The van der Waals surface area contributed by atoms with Crippen LogP contribution in [0.2, 0.25) is 0 Å². The van der Waals surface area contributed by atoms with Gasteiger partial charge in [-0.2, -0.15) is 0 Å². The molecule has 1 N–H and O–H groups in total. The number of esters is 1. The Bertz CT molecular complexity index is 513. The summed E-state index contributed by atoms with van der Waals surface area (Å²) in [7, 11) is 1.21. The van der Waals surface area contributed by atoms with Gasteiger partial charge in [-0.05, 0) is 11.5 Å². The zero-order valence-electron chi connectivity index (χ0n) is 13.0. The molecule has 0 aliphatic rings. The normalized spacial score (nSPS) is 11.6. The Morgan fingerprint density at radius 1 is 1.14 bits per heavy atom. The SMILES string of the molecule is COC(=O)CC(=O)[C@@H](NC(=O)OCc1ccccc1)C(C)C. The molecule has 120 valence electrons. The van der Waals surface area contributed by atoms with Gasteiger partial charge in [0.2, 0.25) is 0 Å². The monoisotopic (exact) mass is 307 g/mol. The molecular weight excluding hydrogens is 286 g/mol. The molecule has 0 heterocycles. The molecule has 0 bridgehead atoms. The van der Waals surface area contributed by atoms with Crippen molar-refractivity contribution in [3.63, 3.8) is 0 Å². The minimum absolute atomic E-state index is 0.114. The van der Waals surface area contributed by atoms with Crippen LogP contribution in [0.4, 0.5) is 4.79 Å². The minimum atomic E-state index is -0.789. The van der Waals surface area contributed by atoms with E-state index >= 15 is 0 Å². The lowest BCUT2D eigenvalue weighted by Gasteiger charge is -2.20. The number of ketones is 1. The van der Waals surface area contributed by atoms with Crippen LogP contribution in [0.1, 0.15) is 25.8 Å². The summed E-state index contributed by atoms with van der Waals surface area (Å²) in [5.74, 6) is -1.20. The van der Waals surface area contributed by atoms with Crippen LogP contribution in [0.15, 0.2) is 30.3 Å². The molecular formula is C16H21NO5. The lowest BCUT2D eigenvalue weighted by atomic mass is 9.98. The smallest absolute Gasteiger partial charge is 0.408 e. The van der Waals surface area contributed by atoms with Gasteiger partial charge in [-0.15, -0.1) is 0 Å². The van der Waals surface area contributed by atoms with Crippen molar-refractivity contribution in [2.45, 2.75) is 32.9 Å². The highest BCUT2D eigenvalue weighted by atomic mass is 16.5. The first-order chi connectivity index (χ1) is 10.4. The fraction of sp³-hybridized carbons (Fsp3) is 0.438. The molecule has 0 unspecified atom stereocenters. The highest BCUT2D eigenvalue weighted by molar-refractivity contribution is 5.99. The maximum Gasteiger partial charge on any atom is 0.408 e. The molecule has 1 rings (SSSR count). The predicted molar refractivity (Wildman–Crippen MR) is 80.0 cm³/mol. The van der Waals surface area contributed by atoms with Crippen molar-refractivity contribution >= 4 is 17.8 Å². The first-order valence-electron chi connectivity index (χ1n) is 7.00. The summed E-state index contributed by atoms with van der Waals surface area (Å²) in [6.45, 7) is 3.66. The number of methoxy groups -OCH3 is 1. The minimum Gasteiger partial charge on any atom is -0.469 e. The molecule has 1 atom stereocenters. The summed E-state index contributed by atoms with van der Waals surface area (Å²) in [5.41, 5.74) is 0.847. The molecule has 22 heavy (non-hydrogen) atoms. The van der Waals surface area contributed by atoms with Crippen LogP contribution in [0.5, 0.6) is 0 Å². The van der Waals surface area contributed by atoms with E-state index in [-0.39, 0.29) is 18.9 Å². The first-order valence-corrected chi connectivity index (χ1v) is 7.00. The number of benzene rings is 1. The Hall–Kier alpha value is -2.37. The Balaban J connectivity index is 2.53. The van der Waals surface area contributed by atoms with Gasteiger partial charge >= 0.3 is 12.1 Å². The fourth-order valence-electron chi connectivity index (χ4n) is 1.84. The number of nitrogens with one attached hydrogen (secondary N) is 1. The van der Waals surface area contributed by atoms with Crippen LogP contribution in [0.3, 0.4) is 0 Å². The van der Waals surface area contributed by atoms with E-state index in [9.17, 15) is 14.4 Å². The van der Waals surface area contributed by atoms with Crippen LogP contribution in [0, 0.1) is 5.92 Å². The van der Waals surface area contributed by atoms with E-state index in [0.717, 1.165) is 5.56 Å². The third-order valence-corrected chi connectivity index (χ3v) is 3.05. The molecule has 0 spiro atoms. The standard InChI is InChI=1S/C16H21NO5/c1-11(2)15(13(18)9-14(19)21-3)17-16(20)22-10-12-7-5-4-6-8-12/h4-8,11,15H,9-10H2,1-3H3,(H,17,20)/t15-/m0/s1. The van der Waals surface area contributed by atoms with E-state index in [1.165, 1.54) is 7.11 Å². The fourth-order valence-corrected chi connectivity index (χ4v) is 1.84. The lowest BCUT2D eigenvalue weighted by Crippen LogP contribution is -2.45. The van der Waals surface area contributed by atoms with Crippen molar-refractivity contribution < 1.29 is 23.9 Å². The van der Waals surface area contributed by atoms with E-state index < -0.39 is 23.9 Å². The molecule has 1 aromatic rings. The maximum absolute atomic E-state index is 12.0. The van der Waals surface area contributed by atoms with Gasteiger partial charge in [0.25, 0.3) is 0 Å². The number of carbonyl (C=O) groups excluding carboxylic acids is 3. The zero-order valence-corrected chi connectivity index (χ0v) is 13.0. The van der Waals surface area contributed by atoms with Gasteiger partial charge in [0.05, 0.1) is 13.2 Å². The van der Waals surface area contributed by atoms with Crippen molar-refractivity contribution in [3.8, 4) is 0 Å².